The summed E-state index contributed by atoms with van der Waals surface area (Å²) >= 11 is 1.73. The highest BCUT2D eigenvalue weighted by atomic mass is 32.1. The van der Waals surface area contributed by atoms with E-state index >= 15 is 0 Å². The SMILES string of the molecule is CCNC(CC)c1nnc(CC2CCCO2)s1. The van der Waals surface area contributed by atoms with Crippen LogP contribution in [0.4, 0.5) is 0 Å². The molecule has 0 saturated carbocycles. The normalized spacial score (nSPS) is 21.9. The maximum atomic E-state index is 5.62. The molecule has 1 N–H and O–H groups in total. The summed E-state index contributed by atoms with van der Waals surface area (Å²) in [5.74, 6) is 0. The number of hydrogen-bond donors (Lipinski definition) is 1. The first-order chi connectivity index (χ1) is 8.33. The van der Waals surface area contributed by atoms with Gasteiger partial charge in [0.1, 0.15) is 10.0 Å². The molecule has 1 aliphatic heterocycles. The average Bonchev–Trinajstić information content (AvgIpc) is 2.98. The van der Waals surface area contributed by atoms with Crippen LogP contribution in [-0.4, -0.2) is 29.5 Å². The van der Waals surface area contributed by atoms with Crippen molar-refractivity contribution in [2.75, 3.05) is 13.2 Å². The van der Waals surface area contributed by atoms with E-state index in [4.69, 9.17) is 4.74 Å². The highest BCUT2D eigenvalue weighted by Gasteiger charge is 2.20. The second-order valence-corrected chi connectivity index (χ2v) is 5.49. The maximum absolute atomic E-state index is 5.62. The van der Waals surface area contributed by atoms with Gasteiger partial charge in [-0.05, 0) is 25.8 Å². The van der Waals surface area contributed by atoms with Gasteiger partial charge in [-0.15, -0.1) is 10.2 Å². The summed E-state index contributed by atoms with van der Waals surface area (Å²) in [6, 6.07) is 0.357. The summed E-state index contributed by atoms with van der Waals surface area (Å²) in [6.07, 6.45) is 4.71. The fraction of sp³-hybridized carbons (Fsp3) is 0.833. The summed E-state index contributed by atoms with van der Waals surface area (Å²) in [6.45, 7) is 6.18. The van der Waals surface area contributed by atoms with Crippen LogP contribution in [0.5, 0.6) is 0 Å². The predicted molar refractivity (Wildman–Crippen MR) is 69.3 cm³/mol. The molecule has 1 aliphatic rings. The van der Waals surface area contributed by atoms with E-state index in [1.165, 1.54) is 12.8 Å². The highest BCUT2D eigenvalue weighted by molar-refractivity contribution is 7.11. The molecule has 0 amide bonds. The van der Waals surface area contributed by atoms with Crippen LogP contribution < -0.4 is 5.32 Å². The maximum Gasteiger partial charge on any atom is 0.134 e. The molecule has 2 rings (SSSR count). The molecule has 5 heteroatoms. The lowest BCUT2D eigenvalue weighted by atomic mass is 10.2. The molecule has 17 heavy (non-hydrogen) atoms. The Labute approximate surface area is 107 Å². The number of nitrogens with one attached hydrogen (secondary N) is 1. The summed E-state index contributed by atoms with van der Waals surface area (Å²) in [7, 11) is 0. The van der Waals surface area contributed by atoms with Crippen LogP contribution in [0.2, 0.25) is 0 Å². The highest BCUT2D eigenvalue weighted by Crippen LogP contribution is 2.24. The quantitative estimate of drug-likeness (QED) is 0.847. The minimum atomic E-state index is 0.357. The van der Waals surface area contributed by atoms with Gasteiger partial charge in [0.25, 0.3) is 0 Å². The summed E-state index contributed by atoms with van der Waals surface area (Å²) in [5, 5.41) is 14.2. The Kier molecular flexibility index (Phi) is 4.88. The molecule has 1 saturated heterocycles. The van der Waals surface area contributed by atoms with Crippen molar-refractivity contribution in [2.24, 2.45) is 0 Å². The minimum absolute atomic E-state index is 0.357. The van der Waals surface area contributed by atoms with Gasteiger partial charge in [0.05, 0.1) is 12.1 Å². The molecule has 0 bridgehead atoms. The smallest absolute Gasteiger partial charge is 0.134 e. The molecule has 0 aliphatic carbocycles. The van der Waals surface area contributed by atoms with Crippen molar-refractivity contribution in [3.05, 3.63) is 10.0 Å². The Morgan fingerprint density at radius 2 is 2.35 bits per heavy atom. The predicted octanol–water partition coefficient (Wildman–Crippen LogP) is 2.32. The van der Waals surface area contributed by atoms with Gasteiger partial charge in [-0.25, -0.2) is 0 Å². The molecule has 0 radical (unpaired) electrons. The van der Waals surface area contributed by atoms with Gasteiger partial charge in [0.2, 0.25) is 0 Å². The monoisotopic (exact) mass is 255 g/mol. The van der Waals surface area contributed by atoms with E-state index in [1.54, 1.807) is 11.3 Å². The van der Waals surface area contributed by atoms with Crippen molar-refractivity contribution in [1.29, 1.82) is 0 Å². The zero-order chi connectivity index (χ0) is 12.1. The van der Waals surface area contributed by atoms with E-state index in [-0.39, 0.29) is 0 Å². The van der Waals surface area contributed by atoms with Gasteiger partial charge in [-0.1, -0.05) is 25.2 Å². The minimum Gasteiger partial charge on any atom is -0.378 e. The Hall–Kier alpha value is -0.520. The van der Waals surface area contributed by atoms with Crippen LogP contribution >= 0.6 is 11.3 Å². The zero-order valence-electron chi connectivity index (χ0n) is 10.6. The number of ether oxygens (including phenoxy) is 1. The second-order valence-electron chi connectivity index (χ2n) is 4.39. The van der Waals surface area contributed by atoms with Crippen molar-refractivity contribution in [2.45, 2.75) is 51.7 Å². The molecule has 96 valence electrons. The van der Waals surface area contributed by atoms with E-state index in [0.29, 0.717) is 12.1 Å². The largest absolute Gasteiger partial charge is 0.378 e. The van der Waals surface area contributed by atoms with Crippen LogP contribution in [0, 0.1) is 0 Å². The number of rotatable bonds is 6. The molecule has 0 spiro atoms. The second kappa shape index (κ2) is 6.42. The first-order valence-electron chi connectivity index (χ1n) is 6.50. The van der Waals surface area contributed by atoms with Crippen molar-refractivity contribution in [3.63, 3.8) is 0 Å². The van der Waals surface area contributed by atoms with Crippen molar-refractivity contribution in [1.82, 2.24) is 15.5 Å². The lowest BCUT2D eigenvalue weighted by Crippen LogP contribution is -2.19. The van der Waals surface area contributed by atoms with Crippen LogP contribution in [-0.2, 0) is 11.2 Å². The van der Waals surface area contributed by atoms with E-state index in [1.807, 2.05) is 0 Å². The molecule has 1 fully saturated rings. The third-order valence-electron chi connectivity index (χ3n) is 3.07. The Morgan fingerprint density at radius 1 is 1.47 bits per heavy atom. The molecular formula is C12H21N3OS. The zero-order valence-corrected chi connectivity index (χ0v) is 11.4. The van der Waals surface area contributed by atoms with Gasteiger partial charge in [0.15, 0.2) is 0 Å². The first kappa shape index (κ1) is 12.9. The summed E-state index contributed by atoms with van der Waals surface area (Å²) < 4.78 is 5.62. The standard InChI is InChI=1S/C12H21N3OS/c1-3-10(13-4-2)12-15-14-11(17-12)8-9-6-5-7-16-9/h9-10,13H,3-8H2,1-2H3. The molecule has 1 aromatic rings. The Morgan fingerprint density at radius 3 is 3.00 bits per heavy atom. The van der Waals surface area contributed by atoms with E-state index < -0.39 is 0 Å². The first-order valence-corrected chi connectivity index (χ1v) is 7.32. The fourth-order valence-corrected chi connectivity index (χ4v) is 3.21. The van der Waals surface area contributed by atoms with Crippen molar-refractivity contribution < 1.29 is 4.74 Å². The third-order valence-corrected chi connectivity index (χ3v) is 4.12. The van der Waals surface area contributed by atoms with Gasteiger partial charge in [-0.2, -0.15) is 0 Å². The van der Waals surface area contributed by atoms with Crippen LogP contribution in [0.15, 0.2) is 0 Å². The lowest BCUT2D eigenvalue weighted by Gasteiger charge is -2.11. The molecule has 2 heterocycles. The lowest BCUT2D eigenvalue weighted by molar-refractivity contribution is 0.111. The van der Waals surface area contributed by atoms with E-state index in [9.17, 15) is 0 Å². The number of nitrogens with zero attached hydrogens (tertiary/aromatic N) is 2. The van der Waals surface area contributed by atoms with E-state index in [0.717, 1.165) is 36.0 Å². The summed E-state index contributed by atoms with van der Waals surface area (Å²) in [5.41, 5.74) is 0. The molecule has 1 aromatic heterocycles. The van der Waals surface area contributed by atoms with Gasteiger partial charge >= 0.3 is 0 Å². The Balaban J connectivity index is 1.94. The topological polar surface area (TPSA) is 47.0 Å². The fourth-order valence-electron chi connectivity index (χ4n) is 2.14. The third kappa shape index (κ3) is 3.47. The van der Waals surface area contributed by atoms with Crippen molar-refractivity contribution in [3.8, 4) is 0 Å². The molecule has 2 unspecified atom stereocenters. The molecule has 0 aromatic carbocycles. The van der Waals surface area contributed by atoms with Gasteiger partial charge < -0.3 is 10.1 Å². The van der Waals surface area contributed by atoms with Crippen LogP contribution in [0.25, 0.3) is 0 Å². The van der Waals surface area contributed by atoms with Crippen LogP contribution in [0.1, 0.15) is 49.2 Å². The van der Waals surface area contributed by atoms with Crippen LogP contribution in [0.3, 0.4) is 0 Å². The molecule has 4 nitrogen and oxygen atoms in total. The Bertz CT molecular complexity index is 336. The van der Waals surface area contributed by atoms with Crippen molar-refractivity contribution >= 4 is 11.3 Å². The molecular weight excluding hydrogens is 234 g/mol. The molecule has 2 atom stereocenters. The number of aromatic nitrogens is 2. The van der Waals surface area contributed by atoms with E-state index in [2.05, 4.69) is 29.4 Å². The van der Waals surface area contributed by atoms with Gasteiger partial charge in [0, 0.05) is 13.0 Å². The number of hydrogen-bond acceptors (Lipinski definition) is 5. The average molecular weight is 255 g/mol. The summed E-state index contributed by atoms with van der Waals surface area (Å²) in [4.78, 5) is 0. The van der Waals surface area contributed by atoms with Gasteiger partial charge in [-0.3, -0.25) is 0 Å².